The van der Waals surface area contributed by atoms with Crippen LogP contribution in [0.15, 0.2) is 18.2 Å². The van der Waals surface area contributed by atoms with E-state index in [0.29, 0.717) is 6.42 Å². The molecule has 2 N–H and O–H groups in total. The highest BCUT2D eigenvalue weighted by Crippen LogP contribution is 2.40. The second-order valence-electron chi connectivity index (χ2n) is 4.76. The van der Waals surface area contributed by atoms with Crippen LogP contribution >= 0.6 is 0 Å². The van der Waals surface area contributed by atoms with E-state index in [2.05, 4.69) is 4.90 Å². The number of nitrogens with two attached hydrogens (primary N) is 1. The smallest absolute Gasteiger partial charge is 0.366 e. The van der Waals surface area contributed by atoms with Crippen molar-refractivity contribution in [1.82, 2.24) is 0 Å². The molecule has 92 valence electrons. The van der Waals surface area contributed by atoms with E-state index in [0.717, 1.165) is 30.3 Å². The first-order valence-corrected chi connectivity index (χ1v) is 5.69. The molecule has 2 unspecified atom stereocenters. The Balaban J connectivity index is 1.98. The number of alkyl halides is 3. The minimum Gasteiger partial charge on any atom is -0.366 e. The Labute approximate surface area is 97.2 Å². The number of hydrogen-bond donors (Lipinski definition) is 1. The molecule has 2 heterocycles. The van der Waals surface area contributed by atoms with Crippen LogP contribution in [-0.4, -0.2) is 18.6 Å². The molecule has 0 amide bonds. The quantitative estimate of drug-likeness (QED) is 0.755. The Morgan fingerprint density at radius 2 is 2.06 bits per heavy atom. The first-order valence-electron chi connectivity index (χ1n) is 5.69. The minimum absolute atomic E-state index is 0.0803. The fourth-order valence-electron chi connectivity index (χ4n) is 2.87. The Kier molecular flexibility index (Phi) is 2.17. The second-order valence-corrected chi connectivity index (χ2v) is 4.76. The van der Waals surface area contributed by atoms with E-state index in [9.17, 15) is 13.2 Å². The molecule has 1 aromatic carbocycles. The van der Waals surface area contributed by atoms with Gasteiger partial charge in [0.25, 0.3) is 0 Å². The van der Waals surface area contributed by atoms with E-state index in [1.54, 1.807) is 6.07 Å². The lowest BCUT2D eigenvalue weighted by molar-refractivity contribution is -0.137. The lowest BCUT2D eigenvalue weighted by Gasteiger charge is -2.20. The average molecular weight is 242 g/mol. The van der Waals surface area contributed by atoms with Crippen LogP contribution in [0.1, 0.15) is 17.5 Å². The van der Waals surface area contributed by atoms with Gasteiger partial charge in [-0.15, -0.1) is 0 Å². The minimum atomic E-state index is -4.26. The monoisotopic (exact) mass is 242 g/mol. The molecule has 0 saturated carbocycles. The van der Waals surface area contributed by atoms with E-state index in [1.165, 1.54) is 6.07 Å². The van der Waals surface area contributed by atoms with Crippen molar-refractivity contribution in [3.8, 4) is 0 Å². The summed E-state index contributed by atoms with van der Waals surface area (Å²) in [6.45, 7) is 0.851. The standard InChI is InChI=1S/C12H13F3N2/c13-12(14,15)8-1-2-10-7(5-8)6-11-9(16)3-4-17(10)11/h1-2,5,9,11H,3-4,6,16H2. The zero-order valence-corrected chi connectivity index (χ0v) is 9.17. The number of hydrogen-bond acceptors (Lipinski definition) is 2. The first kappa shape index (κ1) is 10.9. The molecular formula is C12H13F3N2. The van der Waals surface area contributed by atoms with Crippen LogP contribution in [0.4, 0.5) is 18.9 Å². The Morgan fingerprint density at radius 1 is 1.29 bits per heavy atom. The maximum atomic E-state index is 12.6. The molecule has 2 atom stereocenters. The molecule has 0 aliphatic carbocycles. The van der Waals surface area contributed by atoms with E-state index in [4.69, 9.17) is 5.73 Å². The van der Waals surface area contributed by atoms with Gasteiger partial charge in [-0.25, -0.2) is 0 Å². The third-order valence-corrected chi connectivity index (χ3v) is 3.74. The molecule has 0 aromatic heterocycles. The highest BCUT2D eigenvalue weighted by atomic mass is 19.4. The molecule has 2 aliphatic heterocycles. The van der Waals surface area contributed by atoms with Gasteiger partial charge < -0.3 is 10.6 Å². The fraction of sp³-hybridized carbons (Fsp3) is 0.500. The van der Waals surface area contributed by atoms with Crippen molar-refractivity contribution in [2.75, 3.05) is 11.4 Å². The Hall–Kier alpha value is -1.23. The van der Waals surface area contributed by atoms with Gasteiger partial charge in [0, 0.05) is 24.3 Å². The number of benzene rings is 1. The molecule has 17 heavy (non-hydrogen) atoms. The molecule has 1 fully saturated rings. The van der Waals surface area contributed by atoms with E-state index in [1.807, 2.05) is 0 Å². The van der Waals surface area contributed by atoms with Crippen molar-refractivity contribution in [2.24, 2.45) is 5.73 Å². The summed E-state index contributed by atoms with van der Waals surface area (Å²) in [5.41, 5.74) is 7.10. The van der Waals surface area contributed by atoms with E-state index < -0.39 is 11.7 Å². The summed E-state index contributed by atoms with van der Waals surface area (Å²) in [7, 11) is 0. The van der Waals surface area contributed by atoms with Crippen LogP contribution in [-0.2, 0) is 12.6 Å². The van der Waals surface area contributed by atoms with E-state index >= 15 is 0 Å². The lowest BCUT2D eigenvalue weighted by atomic mass is 10.0. The van der Waals surface area contributed by atoms with Crippen LogP contribution in [0, 0.1) is 0 Å². The predicted octanol–water partition coefficient (Wildman–Crippen LogP) is 2.17. The number of nitrogens with zero attached hydrogens (tertiary/aromatic N) is 1. The molecule has 5 heteroatoms. The highest BCUT2D eigenvalue weighted by molar-refractivity contribution is 5.62. The molecule has 0 bridgehead atoms. The third-order valence-electron chi connectivity index (χ3n) is 3.74. The van der Waals surface area contributed by atoms with Gasteiger partial charge in [-0.3, -0.25) is 0 Å². The summed E-state index contributed by atoms with van der Waals surface area (Å²) in [4.78, 5) is 2.14. The zero-order chi connectivity index (χ0) is 12.2. The van der Waals surface area contributed by atoms with Crippen molar-refractivity contribution in [2.45, 2.75) is 31.1 Å². The summed E-state index contributed by atoms with van der Waals surface area (Å²) in [6.07, 6.45) is -2.70. The van der Waals surface area contributed by atoms with Crippen molar-refractivity contribution >= 4 is 5.69 Å². The second kappa shape index (κ2) is 3.38. The third kappa shape index (κ3) is 1.60. The summed E-state index contributed by atoms with van der Waals surface area (Å²) in [5.74, 6) is 0. The van der Waals surface area contributed by atoms with Gasteiger partial charge in [0.1, 0.15) is 0 Å². The molecule has 2 nitrogen and oxygen atoms in total. The van der Waals surface area contributed by atoms with Crippen LogP contribution in [0.2, 0.25) is 0 Å². The molecule has 0 radical (unpaired) electrons. The number of fused-ring (bicyclic) bond motifs is 3. The summed E-state index contributed by atoms with van der Waals surface area (Å²) in [5, 5.41) is 0. The predicted molar refractivity (Wildman–Crippen MR) is 58.9 cm³/mol. The van der Waals surface area contributed by atoms with Gasteiger partial charge in [-0.05, 0) is 36.6 Å². The number of anilines is 1. The molecule has 1 aromatic rings. The molecular weight excluding hydrogens is 229 g/mol. The maximum Gasteiger partial charge on any atom is 0.416 e. The molecule has 3 rings (SSSR count). The zero-order valence-electron chi connectivity index (χ0n) is 9.17. The van der Waals surface area contributed by atoms with Gasteiger partial charge in [-0.1, -0.05) is 0 Å². The highest BCUT2D eigenvalue weighted by Gasteiger charge is 2.39. The molecule has 0 spiro atoms. The van der Waals surface area contributed by atoms with E-state index in [-0.39, 0.29) is 12.1 Å². The summed E-state index contributed by atoms with van der Waals surface area (Å²) in [6, 6.07) is 4.27. The van der Waals surface area contributed by atoms with Crippen LogP contribution in [0.25, 0.3) is 0 Å². The molecule has 1 saturated heterocycles. The lowest BCUT2D eigenvalue weighted by Crippen LogP contribution is -2.36. The van der Waals surface area contributed by atoms with Gasteiger partial charge in [-0.2, -0.15) is 13.2 Å². The maximum absolute atomic E-state index is 12.6. The molecule has 2 aliphatic rings. The van der Waals surface area contributed by atoms with Gasteiger partial charge in [0.2, 0.25) is 0 Å². The SMILES string of the molecule is NC1CCN2c3ccc(C(F)(F)F)cc3CC12. The van der Waals surface area contributed by atoms with Crippen LogP contribution in [0.3, 0.4) is 0 Å². The van der Waals surface area contributed by atoms with Crippen molar-refractivity contribution < 1.29 is 13.2 Å². The van der Waals surface area contributed by atoms with Crippen molar-refractivity contribution in [3.05, 3.63) is 29.3 Å². The fourth-order valence-corrected chi connectivity index (χ4v) is 2.87. The summed E-state index contributed by atoms with van der Waals surface area (Å²) < 4.78 is 37.8. The van der Waals surface area contributed by atoms with Crippen molar-refractivity contribution in [3.63, 3.8) is 0 Å². The van der Waals surface area contributed by atoms with Gasteiger partial charge >= 0.3 is 6.18 Å². The van der Waals surface area contributed by atoms with Crippen LogP contribution in [0.5, 0.6) is 0 Å². The largest absolute Gasteiger partial charge is 0.416 e. The normalized spacial score (nSPS) is 27.2. The number of rotatable bonds is 0. The Morgan fingerprint density at radius 3 is 2.76 bits per heavy atom. The first-order chi connectivity index (χ1) is 7.97. The van der Waals surface area contributed by atoms with Crippen LogP contribution < -0.4 is 10.6 Å². The topological polar surface area (TPSA) is 29.3 Å². The summed E-state index contributed by atoms with van der Waals surface area (Å²) >= 11 is 0. The number of halogens is 3. The Bertz CT molecular complexity index is 456. The van der Waals surface area contributed by atoms with Crippen molar-refractivity contribution in [1.29, 1.82) is 0 Å². The van der Waals surface area contributed by atoms with Gasteiger partial charge in [0.15, 0.2) is 0 Å². The van der Waals surface area contributed by atoms with Gasteiger partial charge in [0.05, 0.1) is 5.56 Å². The average Bonchev–Trinajstić information content (AvgIpc) is 2.77.